The zero-order chi connectivity index (χ0) is 20.2. The zero-order valence-corrected chi connectivity index (χ0v) is 17.6. The number of carbonyl (C=O) groups excluding carboxylic acids is 1. The number of hydrogen-bond acceptors (Lipinski definition) is 6. The fourth-order valence-corrected chi connectivity index (χ4v) is 4.24. The summed E-state index contributed by atoms with van der Waals surface area (Å²) in [6.45, 7) is 2.77. The van der Waals surface area contributed by atoms with Gasteiger partial charge in [0.25, 0.3) is 5.91 Å². The molecule has 2 aromatic carbocycles. The molecular weight excluding hydrogens is 408 g/mol. The number of piperazine rings is 1. The van der Waals surface area contributed by atoms with Crippen LogP contribution in [0.25, 0.3) is 0 Å². The minimum atomic E-state index is 0.0168. The molecule has 1 fully saturated rings. The van der Waals surface area contributed by atoms with Crippen LogP contribution in [0.5, 0.6) is 5.75 Å². The van der Waals surface area contributed by atoms with Crippen LogP contribution in [0, 0.1) is 0 Å². The lowest BCUT2D eigenvalue weighted by Crippen LogP contribution is -2.48. The fraction of sp³-hybridized carbons (Fsp3) is 0.286. The molecule has 8 heteroatoms. The van der Waals surface area contributed by atoms with Gasteiger partial charge in [-0.1, -0.05) is 29.8 Å². The van der Waals surface area contributed by atoms with Crippen molar-refractivity contribution < 1.29 is 9.53 Å². The molecule has 150 valence electrons. The molecular formula is C21H21ClN4O2S. The quantitative estimate of drug-likeness (QED) is 0.619. The molecule has 1 aliphatic heterocycles. The van der Waals surface area contributed by atoms with Crippen LogP contribution < -0.4 is 9.64 Å². The second-order valence-corrected chi connectivity index (χ2v) is 7.98. The highest BCUT2D eigenvalue weighted by molar-refractivity contribution is 7.09. The first-order valence-corrected chi connectivity index (χ1v) is 10.5. The van der Waals surface area contributed by atoms with E-state index in [0.717, 1.165) is 35.4 Å². The normalized spacial score (nSPS) is 14.1. The molecule has 1 aliphatic rings. The molecule has 0 unspecified atom stereocenters. The minimum absolute atomic E-state index is 0.0168. The van der Waals surface area contributed by atoms with Gasteiger partial charge in [0, 0.05) is 54.7 Å². The molecule has 0 aliphatic carbocycles. The summed E-state index contributed by atoms with van der Waals surface area (Å²) < 4.78 is 9.78. The second kappa shape index (κ2) is 8.80. The standard InChI is InChI=1S/C21H21ClN4O2S/c1-28-18-7-2-4-15(12-18)13-19-23-21(29-24-19)26-10-8-25(9-11-26)20(27)16-5-3-6-17(22)14-16/h2-7,12,14H,8-11,13H2,1H3. The van der Waals surface area contributed by atoms with Crippen LogP contribution in [0.1, 0.15) is 21.7 Å². The van der Waals surface area contributed by atoms with Gasteiger partial charge in [-0.15, -0.1) is 0 Å². The van der Waals surface area contributed by atoms with Crippen molar-refractivity contribution >= 4 is 34.2 Å². The van der Waals surface area contributed by atoms with Gasteiger partial charge in [0.1, 0.15) is 11.6 Å². The number of amides is 1. The first-order valence-electron chi connectivity index (χ1n) is 9.37. The lowest BCUT2D eigenvalue weighted by atomic mass is 10.1. The number of nitrogens with zero attached hydrogens (tertiary/aromatic N) is 4. The molecule has 0 atom stereocenters. The Hall–Kier alpha value is -2.64. The first kappa shape index (κ1) is 19.7. The Labute approximate surface area is 178 Å². The third kappa shape index (κ3) is 4.68. The van der Waals surface area contributed by atoms with E-state index in [0.29, 0.717) is 30.1 Å². The molecule has 3 aromatic rings. The summed E-state index contributed by atoms with van der Waals surface area (Å²) in [7, 11) is 1.66. The number of halogens is 1. The van der Waals surface area contributed by atoms with Gasteiger partial charge in [-0.05, 0) is 35.9 Å². The van der Waals surface area contributed by atoms with Crippen LogP contribution >= 0.6 is 23.1 Å². The summed E-state index contributed by atoms with van der Waals surface area (Å²) in [5.41, 5.74) is 1.74. The van der Waals surface area contributed by atoms with Crippen molar-refractivity contribution in [2.45, 2.75) is 6.42 Å². The Kier molecular flexibility index (Phi) is 5.97. The van der Waals surface area contributed by atoms with E-state index >= 15 is 0 Å². The number of aromatic nitrogens is 2. The second-order valence-electron chi connectivity index (χ2n) is 6.81. The van der Waals surface area contributed by atoms with Gasteiger partial charge in [-0.2, -0.15) is 4.37 Å². The number of carbonyl (C=O) groups is 1. The van der Waals surface area contributed by atoms with Gasteiger partial charge in [0.2, 0.25) is 5.13 Å². The summed E-state index contributed by atoms with van der Waals surface area (Å²) in [5.74, 6) is 1.65. The van der Waals surface area contributed by atoms with E-state index in [-0.39, 0.29) is 5.91 Å². The molecule has 29 heavy (non-hydrogen) atoms. The van der Waals surface area contributed by atoms with Gasteiger partial charge in [0.15, 0.2) is 0 Å². The Morgan fingerprint density at radius 3 is 2.69 bits per heavy atom. The van der Waals surface area contributed by atoms with Crippen molar-refractivity contribution in [1.82, 2.24) is 14.3 Å². The molecule has 0 radical (unpaired) electrons. The maximum Gasteiger partial charge on any atom is 0.254 e. The molecule has 1 saturated heterocycles. The number of hydrogen-bond donors (Lipinski definition) is 0. The smallest absolute Gasteiger partial charge is 0.254 e. The molecule has 2 heterocycles. The summed E-state index contributed by atoms with van der Waals surface area (Å²) in [5, 5.41) is 1.48. The van der Waals surface area contributed by atoms with Gasteiger partial charge in [-0.25, -0.2) is 4.98 Å². The molecule has 0 saturated carbocycles. The van der Waals surface area contributed by atoms with Gasteiger partial charge < -0.3 is 14.5 Å². The first-order chi connectivity index (χ1) is 14.1. The topological polar surface area (TPSA) is 58.6 Å². The molecule has 1 aromatic heterocycles. The van der Waals surface area contributed by atoms with E-state index in [4.69, 9.17) is 21.3 Å². The van der Waals surface area contributed by atoms with Gasteiger partial charge in [0.05, 0.1) is 7.11 Å². The van der Waals surface area contributed by atoms with Crippen LogP contribution in [0.15, 0.2) is 48.5 Å². The third-order valence-electron chi connectivity index (χ3n) is 4.86. The maximum atomic E-state index is 12.7. The number of anilines is 1. The molecule has 0 spiro atoms. The molecule has 4 rings (SSSR count). The van der Waals surface area contributed by atoms with Crippen LogP contribution in [0.2, 0.25) is 5.02 Å². The highest BCUT2D eigenvalue weighted by atomic mass is 35.5. The van der Waals surface area contributed by atoms with Crippen LogP contribution in [0.3, 0.4) is 0 Å². The van der Waals surface area contributed by atoms with Crippen molar-refractivity contribution in [3.8, 4) is 5.75 Å². The van der Waals surface area contributed by atoms with Crippen LogP contribution in [0.4, 0.5) is 5.13 Å². The molecule has 0 N–H and O–H groups in total. The van der Waals surface area contributed by atoms with Crippen molar-refractivity contribution in [1.29, 1.82) is 0 Å². The number of benzene rings is 2. The third-order valence-corrected chi connectivity index (χ3v) is 5.91. The van der Waals surface area contributed by atoms with E-state index in [1.807, 2.05) is 29.2 Å². The zero-order valence-electron chi connectivity index (χ0n) is 16.0. The summed E-state index contributed by atoms with van der Waals surface area (Å²) in [6.07, 6.45) is 0.668. The van der Waals surface area contributed by atoms with E-state index in [1.54, 1.807) is 31.4 Å². The molecule has 6 nitrogen and oxygen atoms in total. The van der Waals surface area contributed by atoms with Crippen molar-refractivity contribution in [3.63, 3.8) is 0 Å². The fourth-order valence-electron chi connectivity index (χ4n) is 3.31. The highest BCUT2D eigenvalue weighted by Crippen LogP contribution is 2.22. The predicted octanol–water partition coefficient (Wildman–Crippen LogP) is 3.75. The summed E-state index contributed by atoms with van der Waals surface area (Å²) in [6, 6.07) is 15.0. The summed E-state index contributed by atoms with van der Waals surface area (Å²) >= 11 is 7.41. The Morgan fingerprint density at radius 1 is 1.14 bits per heavy atom. The van der Waals surface area contributed by atoms with Crippen LogP contribution in [-0.2, 0) is 6.42 Å². The highest BCUT2D eigenvalue weighted by Gasteiger charge is 2.24. The lowest BCUT2D eigenvalue weighted by molar-refractivity contribution is 0.0746. The molecule has 0 bridgehead atoms. The van der Waals surface area contributed by atoms with E-state index in [2.05, 4.69) is 9.27 Å². The van der Waals surface area contributed by atoms with Gasteiger partial charge in [-0.3, -0.25) is 4.79 Å². The SMILES string of the molecule is COc1cccc(Cc2nsc(N3CCN(C(=O)c4cccc(Cl)c4)CC3)n2)c1. The molecule has 1 amide bonds. The monoisotopic (exact) mass is 428 g/mol. The lowest BCUT2D eigenvalue weighted by Gasteiger charge is -2.34. The average Bonchev–Trinajstić information content (AvgIpc) is 3.22. The van der Waals surface area contributed by atoms with Crippen molar-refractivity contribution in [2.24, 2.45) is 0 Å². The predicted molar refractivity (Wildman–Crippen MR) is 115 cm³/mol. The number of methoxy groups -OCH3 is 1. The van der Waals surface area contributed by atoms with Crippen molar-refractivity contribution in [3.05, 3.63) is 70.5 Å². The number of ether oxygens (including phenoxy) is 1. The average molecular weight is 429 g/mol. The Bertz CT molecular complexity index is 1000. The Balaban J connectivity index is 1.36. The Morgan fingerprint density at radius 2 is 1.93 bits per heavy atom. The summed E-state index contributed by atoms with van der Waals surface area (Å²) in [4.78, 5) is 21.4. The maximum absolute atomic E-state index is 12.7. The van der Waals surface area contributed by atoms with Gasteiger partial charge >= 0.3 is 0 Å². The van der Waals surface area contributed by atoms with Crippen molar-refractivity contribution in [2.75, 3.05) is 38.2 Å². The largest absolute Gasteiger partial charge is 0.497 e. The van der Waals surface area contributed by atoms with E-state index in [1.165, 1.54) is 11.5 Å². The van der Waals surface area contributed by atoms with Crippen LogP contribution in [-0.4, -0.2) is 53.5 Å². The van der Waals surface area contributed by atoms with E-state index < -0.39 is 0 Å². The minimum Gasteiger partial charge on any atom is -0.497 e. The number of rotatable bonds is 5. The van der Waals surface area contributed by atoms with E-state index in [9.17, 15) is 4.79 Å².